The van der Waals surface area contributed by atoms with E-state index in [-0.39, 0.29) is 5.91 Å². The van der Waals surface area contributed by atoms with Gasteiger partial charge in [0.1, 0.15) is 0 Å². The largest absolute Gasteiger partial charge is 0.340 e. The lowest BCUT2D eigenvalue weighted by molar-refractivity contribution is -0.135. The van der Waals surface area contributed by atoms with Crippen molar-refractivity contribution >= 4 is 17.5 Å². The Labute approximate surface area is 85.2 Å². The number of hydrogen-bond donors (Lipinski definition) is 0. The average molecular weight is 204 g/mol. The van der Waals surface area contributed by atoms with Gasteiger partial charge in [0.2, 0.25) is 5.91 Å². The van der Waals surface area contributed by atoms with E-state index in [0.29, 0.717) is 24.3 Å². The number of amides is 1. The average Bonchev–Trinajstić information content (AvgIpc) is 2.10. The number of hydrogen-bond acceptors (Lipinski definition) is 1. The first kappa shape index (κ1) is 10.8. The molecule has 3 heteroatoms. The van der Waals surface area contributed by atoms with E-state index >= 15 is 0 Å². The smallest absolute Gasteiger partial charge is 0.224 e. The molecule has 0 aromatic carbocycles. The standard InChI is InChI=1S/C10H18ClNO/c1-8-4-3-7-12(9(8)2)10(13)5-6-11/h8-9H,3-7H2,1-2H3. The number of carbonyl (C=O) groups excluding carboxylic acids is 1. The highest BCUT2D eigenvalue weighted by molar-refractivity contribution is 6.18. The zero-order valence-electron chi connectivity index (χ0n) is 8.42. The van der Waals surface area contributed by atoms with Crippen LogP contribution < -0.4 is 0 Å². The van der Waals surface area contributed by atoms with Crippen LogP contribution in [0.4, 0.5) is 0 Å². The molecule has 1 heterocycles. The molecule has 0 aromatic rings. The molecule has 2 atom stereocenters. The van der Waals surface area contributed by atoms with Crippen LogP contribution in [0, 0.1) is 5.92 Å². The Bertz CT molecular complexity index is 184. The molecule has 1 aliphatic rings. The van der Waals surface area contributed by atoms with Gasteiger partial charge in [0.15, 0.2) is 0 Å². The minimum atomic E-state index is 0.217. The molecule has 0 spiro atoms. The van der Waals surface area contributed by atoms with Crippen LogP contribution in [0.3, 0.4) is 0 Å². The van der Waals surface area contributed by atoms with Crippen molar-refractivity contribution in [2.24, 2.45) is 5.92 Å². The van der Waals surface area contributed by atoms with Crippen molar-refractivity contribution in [1.29, 1.82) is 0 Å². The van der Waals surface area contributed by atoms with Crippen molar-refractivity contribution in [1.82, 2.24) is 4.90 Å². The van der Waals surface area contributed by atoms with Crippen LogP contribution >= 0.6 is 11.6 Å². The van der Waals surface area contributed by atoms with Gasteiger partial charge in [-0.05, 0) is 25.7 Å². The van der Waals surface area contributed by atoms with Crippen LogP contribution in [0.15, 0.2) is 0 Å². The Morgan fingerprint density at radius 3 is 2.85 bits per heavy atom. The van der Waals surface area contributed by atoms with E-state index in [1.54, 1.807) is 0 Å². The molecule has 1 saturated heterocycles. The molecule has 0 bridgehead atoms. The molecule has 0 N–H and O–H groups in total. The van der Waals surface area contributed by atoms with Gasteiger partial charge in [0.25, 0.3) is 0 Å². The Kier molecular flexibility index (Phi) is 4.04. The minimum Gasteiger partial charge on any atom is -0.340 e. The number of piperidine rings is 1. The van der Waals surface area contributed by atoms with Crippen molar-refractivity contribution in [3.05, 3.63) is 0 Å². The predicted octanol–water partition coefficient (Wildman–Crippen LogP) is 2.26. The van der Waals surface area contributed by atoms with Gasteiger partial charge in [-0.25, -0.2) is 0 Å². The number of carbonyl (C=O) groups is 1. The van der Waals surface area contributed by atoms with E-state index in [1.807, 2.05) is 4.90 Å². The Morgan fingerprint density at radius 1 is 1.54 bits per heavy atom. The van der Waals surface area contributed by atoms with E-state index in [1.165, 1.54) is 6.42 Å². The lowest BCUT2D eigenvalue weighted by atomic mass is 9.92. The van der Waals surface area contributed by atoms with Gasteiger partial charge in [-0.2, -0.15) is 0 Å². The van der Waals surface area contributed by atoms with Crippen LogP contribution in [0.2, 0.25) is 0 Å². The van der Waals surface area contributed by atoms with E-state index in [4.69, 9.17) is 11.6 Å². The fourth-order valence-corrected chi connectivity index (χ4v) is 2.07. The Hall–Kier alpha value is -0.240. The van der Waals surface area contributed by atoms with Gasteiger partial charge in [-0.1, -0.05) is 6.92 Å². The number of halogens is 1. The van der Waals surface area contributed by atoms with E-state index in [9.17, 15) is 4.79 Å². The molecule has 0 aliphatic carbocycles. The van der Waals surface area contributed by atoms with Crippen molar-refractivity contribution in [3.8, 4) is 0 Å². The molecule has 2 nitrogen and oxygen atoms in total. The van der Waals surface area contributed by atoms with Gasteiger partial charge in [-0.3, -0.25) is 4.79 Å². The zero-order chi connectivity index (χ0) is 9.84. The third kappa shape index (κ3) is 2.60. The lowest BCUT2D eigenvalue weighted by Crippen LogP contribution is -2.46. The van der Waals surface area contributed by atoms with Crippen molar-refractivity contribution in [2.45, 2.75) is 39.2 Å². The first-order valence-corrected chi connectivity index (χ1v) is 5.55. The Balaban J connectivity index is 2.52. The van der Waals surface area contributed by atoms with Crippen LogP contribution in [0.25, 0.3) is 0 Å². The van der Waals surface area contributed by atoms with Gasteiger partial charge >= 0.3 is 0 Å². The molecular weight excluding hydrogens is 186 g/mol. The highest BCUT2D eigenvalue weighted by atomic mass is 35.5. The molecule has 1 aliphatic heterocycles. The monoisotopic (exact) mass is 203 g/mol. The van der Waals surface area contributed by atoms with E-state index < -0.39 is 0 Å². The number of alkyl halides is 1. The summed E-state index contributed by atoms with van der Waals surface area (Å²) in [6.07, 6.45) is 2.87. The number of rotatable bonds is 2. The number of nitrogens with zero attached hydrogens (tertiary/aromatic N) is 1. The lowest BCUT2D eigenvalue weighted by Gasteiger charge is -2.37. The maximum atomic E-state index is 11.6. The highest BCUT2D eigenvalue weighted by Gasteiger charge is 2.27. The van der Waals surface area contributed by atoms with Crippen LogP contribution in [-0.4, -0.2) is 29.3 Å². The molecule has 1 amide bonds. The summed E-state index contributed by atoms with van der Waals surface area (Å²) in [5, 5.41) is 0. The SMILES string of the molecule is CC1CCCN(C(=O)CCCl)C1C. The minimum absolute atomic E-state index is 0.217. The Morgan fingerprint density at radius 2 is 2.23 bits per heavy atom. The highest BCUT2D eigenvalue weighted by Crippen LogP contribution is 2.23. The molecular formula is C10H18ClNO. The summed E-state index contributed by atoms with van der Waals surface area (Å²) in [6.45, 7) is 5.27. The molecule has 0 aromatic heterocycles. The third-order valence-electron chi connectivity index (χ3n) is 3.00. The predicted molar refractivity (Wildman–Crippen MR) is 54.9 cm³/mol. The summed E-state index contributed by atoms with van der Waals surface area (Å²) in [4.78, 5) is 13.6. The van der Waals surface area contributed by atoms with Gasteiger partial charge in [0, 0.05) is 24.9 Å². The molecule has 0 saturated carbocycles. The van der Waals surface area contributed by atoms with Crippen LogP contribution in [0.5, 0.6) is 0 Å². The van der Waals surface area contributed by atoms with Crippen molar-refractivity contribution < 1.29 is 4.79 Å². The van der Waals surface area contributed by atoms with Crippen molar-refractivity contribution in [3.63, 3.8) is 0 Å². The van der Waals surface area contributed by atoms with E-state index in [0.717, 1.165) is 13.0 Å². The van der Waals surface area contributed by atoms with Crippen LogP contribution in [0.1, 0.15) is 33.1 Å². The zero-order valence-corrected chi connectivity index (χ0v) is 9.18. The maximum Gasteiger partial charge on any atom is 0.224 e. The summed E-state index contributed by atoms with van der Waals surface area (Å²) in [6, 6.07) is 0.393. The first-order chi connectivity index (χ1) is 6.16. The fraction of sp³-hybridized carbons (Fsp3) is 0.900. The second kappa shape index (κ2) is 4.85. The molecule has 2 unspecified atom stereocenters. The molecule has 0 radical (unpaired) electrons. The summed E-state index contributed by atoms with van der Waals surface area (Å²) in [5.41, 5.74) is 0. The summed E-state index contributed by atoms with van der Waals surface area (Å²) in [7, 11) is 0. The summed E-state index contributed by atoms with van der Waals surface area (Å²) >= 11 is 5.55. The second-order valence-electron chi connectivity index (χ2n) is 3.89. The normalized spacial score (nSPS) is 29.0. The van der Waals surface area contributed by atoms with E-state index in [2.05, 4.69) is 13.8 Å². The molecule has 1 fully saturated rings. The molecule has 76 valence electrons. The first-order valence-electron chi connectivity index (χ1n) is 5.02. The topological polar surface area (TPSA) is 20.3 Å². The van der Waals surface area contributed by atoms with Gasteiger partial charge < -0.3 is 4.90 Å². The van der Waals surface area contributed by atoms with Crippen molar-refractivity contribution in [2.75, 3.05) is 12.4 Å². The maximum absolute atomic E-state index is 11.6. The summed E-state index contributed by atoms with van der Waals surface area (Å²) < 4.78 is 0. The summed E-state index contributed by atoms with van der Waals surface area (Å²) in [5.74, 6) is 1.29. The molecule has 13 heavy (non-hydrogen) atoms. The molecule has 1 rings (SSSR count). The fourth-order valence-electron chi connectivity index (χ4n) is 1.91. The quantitative estimate of drug-likeness (QED) is 0.631. The van der Waals surface area contributed by atoms with Gasteiger partial charge in [0.05, 0.1) is 0 Å². The van der Waals surface area contributed by atoms with Crippen LogP contribution in [-0.2, 0) is 4.79 Å². The third-order valence-corrected chi connectivity index (χ3v) is 3.19. The number of likely N-dealkylation sites (tertiary alicyclic amines) is 1. The second-order valence-corrected chi connectivity index (χ2v) is 4.26. The van der Waals surface area contributed by atoms with Gasteiger partial charge in [-0.15, -0.1) is 11.6 Å².